The maximum Gasteiger partial charge on any atom is 0.298 e. The fraction of sp³-hybridized carbons (Fsp3) is 0.364. The monoisotopic (exact) mass is 282 g/mol. The lowest BCUT2D eigenvalue weighted by Gasteiger charge is -2.24. The largest absolute Gasteiger partial charge is 0.423 e. The van der Waals surface area contributed by atoms with E-state index in [1.165, 1.54) is 0 Å². The van der Waals surface area contributed by atoms with Gasteiger partial charge in [-0.3, -0.25) is 0 Å². The normalized spacial score (nSPS) is 16.9. The quantitative estimate of drug-likeness (QED) is 0.805. The van der Waals surface area contributed by atoms with Gasteiger partial charge in [0.2, 0.25) is 0 Å². The van der Waals surface area contributed by atoms with Crippen molar-refractivity contribution in [2.45, 2.75) is 0 Å². The molecule has 0 aliphatic carbocycles. The first-order valence-corrected chi connectivity index (χ1v) is 6.01. The van der Waals surface area contributed by atoms with Gasteiger partial charge in [-0.2, -0.15) is 4.98 Å². The third-order valence-electron chi connectivity index (χ3n) is 2.62. The van der Waals surface area contributed by atoms with E-state index in [4.69, 9.17) is 9.15 Å². The van der Waals surface area contributed by atoms with Gasteiger partial charge in [-0.1, -0.05) is 15.9 Å². The van der Waals surface area contributed by atoms with Crippen LogP contribution in [-0.2, 0) is 4.74 Å². The molecule has 0 radical (unpaired) electrons. The molecule has 0 N–H and O–H groups in total. The van der Waals surface area contributed by atoms with Gasteiger partial charge in [-0.15, -0.1) is 0 Å². The van der Waals surface area contributed by atoms with Crippen molar-refractivity contribution in [3.8, 4) is 0 Å². The zero-order chi connectivity index (χ0) is 11.0. The van der Waals surface area contributed by atoms with Gasteiger partial charge >= 0.3 is 0 Å². The van der Waals surface area contributed by atoms with Crippen LogP contribution in [0.3, 0.4) is 0 Å². The van der Waals surface area contributed by atoms with E-state index < -0.39 is 0 Å². The van der Waals surface area contributed by atoms with Crippen molar-refractivity contribution in [3.05, 3.63) is 22.7 Å². The molecular formula is C11H11BrN2O2. The highest BCUT2D eigenvalue weighted by molar-refractivity contribution is 9.10. The zero-order valence-corrected chi connectivity index (χ0v) is 10.2. The molecule has 1 saturated heterocycles. The van der Waals surface area contributed by atoms with Crippen LogP contribution < -0.4 is 4.90 Å². The summed E-state index contributed by atoms with van der Waals surface area (Å²) in [6.07, 6.45) is 0. The highest BCUT2D eigenvalue weighted by atomic mass is 79.9. The van der Waals surface area contributed by atoms with Gasteiger partial charge < -0.3 is 14.1 Å². The van der Waals surface area contributed by atoms with Crippen LogP contribution >= 0.6 is 15.9 Å². The second-order valence-corrected chi connectivity index (χ2v) is 4.62. The Morgan fingerprint density at radius 1 is 1.25 bits per heavy atom. The van der Waals surface area contributed by atoms with E-state index in [1.807, 2.05) is 18.2 Å². The fourth-order valence-electron chi connectivity index (χ4n) is 1.78. The number of nitrogens with zero attached hydrogens (tertiary/aromatic N) is 2. The van der Waals surface area contributed by atoms with Crippen LogP contribution in [0, 0.1) is 0 Å². The first-order valence-electron chi connectivity index (χ1n) is 5.22. The number of rotatable bonds is 1. The van der Waals surface area contributed by atoms with Crippen LogP contribution in [-0.4, -0.2) is 31.3 Å². The van der Waals surface area contributed by atoms with Gasteiger partial charge in [-0.25, -0.2) is 0 Å². The highest BCUT2D eigenvalue weighted by Gasteiger charge is 2.16. The molecule has 1 aromatic heterocycles. The number of morpholine rings is 1. The van der Waals surface area contributed by atoms with Gasteiger partial charge in [0.1, 0.15) is 5.52 Å². The van der Waals surface area contributed by atoms with Crippen LogP contribution in [0.5, 0.6) is 0 Å². The summed E-state index contributed by atoms with van der Waals surface area (Å²) in [6.45, 7) is 3.16. The predicted molar refractivity (Wildman–Crippen MR) is 64.7 cm³/mol. The van der Waals surface area contributed by atoms with E-state index in [1.54, 1.807) is 0 Å². The minimum atomic E-state index is 0.691. The Morgan fingerprint density at radius 3 is 2.88 bits per heavy atom. The van der Waals surface area contributed by atoms with Gasteiger partial charge in [0.25, 0.3) is 6.01 Å². The Hall–Kier alpha value is -1.07. The second kappa shape index (κ2) is 4.07. The van der Waals surface area contributed by atoms with Crippen LogP contribution in [0.2, 0.25) is 0 Å². The van der Waals surface area contributed by atoms with Crippen molar-refractivity contribution in [2.24, 2.45) is 0 Å². The Balaban J connectivity index is 1.97. The number of oxazole rings is 1. The van der Waals surface area contributed by atoms with E-state index in [0.717, 1.165) is 41.9 Å². The first-order chi connectivity index (χ1) is 7.83. The Bertz CT molecular complexity index is 506. The van der Waals surface area contributed by atoms with Gasteiger partial charge in [0, 0.05) is 17.6 Å². The number of halogens is 1. The van der Waals surface area contributed by atoms with Crippen LogP contribution in [0.4, 0.5) is 6.01 Å². The molecule has 0 spiro atoms. The van der Waals surface area contributed by atoms with Gasteiger partial charge in [0.15, 0.2) is 5.58 Å². The summed E-state index contributed by atoms with van der Waals surface area (Å²) in [5, 5.41) is 0. The molecule has 0 bridgehead atoms. The predicted octanol–water partition coefficient (Wildman–Crippen LogP) is 2.43. The third-order valence-corrected chi connectivity index (χ3v) is 3.11. The molecule has 0 atom stereocenters. The van der Waals surface area contributed by atoms with Crippen molar-refractivity contribution >= 4 is 33.0 Å². The second-order valence-electron chi connectivity index (χ2n) is 3.71. The maximum absolute atomic E-state index is 5.70. The summed E-state index contributed by atoms with van der Waals surface area (Å²) < 4.78 is 12.0. The fourth-order valence-corrected chi connectivity index (χ4v) is 2.13. The molecule has 0 amide bonds. The van der Waals surface area contributed by atoms with Gasteiger partial charge in [0.05, 0.1) is 13.2 Å². The van der Waals surface area contributed by atoms with E-state index in [-0.39, 0.29) is 0 Å². The van der Waals surface area contributed by atoms with Crippen molar-refractivity contribution in [3.63, 3.8) is 0 Å². The SMILES string of the molecule is Brc1ccc2oc(N3CCOCC3)nc2c1. The van der Waals surface area contributed by atoms with Crippen LogP contribution in [0.25, 0.3) is 11.1 Å². The molecule has 2 aromatic rings. The molecular weight excluding hydrogens is 272 g/mol. The summed E-state index contributed by atoms with van der Waals surface area (Å²) in [7, 11) is 0. The number of hydrogen-bond acceptors (Lipinski definition) is 4. The van der Waals surface area contributed by atoms with E-state index >= 15 is 0 Å². The van der Waals surface area contributed by atoms with E-state index in [9.17, 15) is 0 Å². The standard InChI is InChI=1S/C11H11BrN2O2/c12-8-1-2-10-9(7-8)13-11(16-10)14-3-5-15-6-4-14/h1-2,7H,3-6H2. The third kappa shape index (κ3) is 1.81. The number of anilines is 1. The average Bonchev–Trinajstić information content (AvgIpc) is 2.73. The van der Waals surface area contributed by atoms with Gasteiger partial charge in [-0.05, 0) is 18.2 Å². The van der Waals surface area contributed by atoms with E-state index in [0.29, 0.717) is 6.01 Å². The number of ether oxygens (including phenoxy) is 1. The molecule has 2 heterocycles. The van der Waals surface area contributed by atoms with Crippen LogP contribution in [0.15, 0.2) is 27.1 Å². The summed E-state index contributed by atoms with van der Waals surface area (Å²) in [4.78, 5) is 6.58. The molecule has 1 fully saturated rings. The topological polar surface area (TPSA) is 38.5 Å². The molecule has 3 rings (SSSR count). The smallest absolute Gasteiger partial charge is 0.298 e. The number of benzene rings is 1. The van der Waals surface area contributed by atoms with Crippen LogP contribution in [0.1, 0.15) is 0 Å². The number of hydrogen-bond donors (Lipinski definition) is 0. The van der Waals surface area contributed by atoms with Crippen molar-refractivity contribution in [2.75, 3.05) is 31.2 Å². The number of fused-ring (bicyclic) bond motifs is 1. The molecule has 0 saturated carbocycles. The molecule has 84 valence electrons. The molecule has 1 aromatic carbocycles. The Labute approximate surface area is 101 Å². The lowest BCUT2D eigenvalue weighted by atomic mass is 10.3. The van der Waals surface area contributed by atoms with Crippen molar-refractivity contribution in [1.82, 2.24) is 4.98 Å². The summed E-state index contributed by atoms with van der Waals surface area (Å²) in [6, 6.07) is 6.53. The highest BCUT2D eigenvalue weighted by Crippen LogP contribution is 2.25. The van der Waals surface area contributed by atoms with E-state index in [2.05, 4.69) is 25.8 Å². The minimum absolute atomic E-state index is 0.691. The lowest BCUT2D eigenvalue weighted by molar-refractivity contribution is 0.120. The molecule has 5 heteroatoms. The molecule has 4 nitrogen and oxygen atoms in total. The Morgan fingerprint density at radius 2 is 2.06 bits per heavy atom. The first kappa shape index (κ1) is 10.1. The zero-order valence-electron chi connectivity index (χ0n) is 8.65. The lowest BCUT2D eigenvalue weighted by Crippen LogP contribution is -2.36. The summed E-state index contributed by atoms with van der Waals surface area (Å²) in [5.41, 5.74) is 1.71. The summed E-state index contributed by atoms with van der Waals surface area (Å²) in [5.74, 6) is 0. The number of aromatic nitrogens is 1. The average molecular weight is 283 g/mol. The summed E-state index contributed by atoms with van der Waals surface area (Å²) >= 11 is 3.42. The molecule has 1 aliphatic rings. The molecule has 0 unspecified atom stereocenters. The minimum Gasteiger partial charge on any atom is -0.423 e. The Kier molecular flexibility index (Phi) is 2.57. The molecule has 16 heavy (non-hydrogen) atoms. The van der Waals surface area contributed by atoms with Crippen molar-refractivity contribution in [1.29, 1.82) is 0 Å². The van der Waals surface area contributed by atoms with Crippen molar-refractivity contribution < 1.29 is 9.15 Å². The maximum atomic E-state index is 5.70. The molecule has 1 aliphatic heterocycles.